The van der Waals surface area contributed by atoms with Crippen LogP contribution in [-0.2, 0) is 4.79 Å². The SMILES string of the molecule is O=C(Nc1ccc(Br)cn1)C1CSCN1. The van der Waals surface area contributed by atoms with Crippen molar-refractivity contribution in [2.75, 3.05) is 16.9 Å². The summed E-state index contributed by atoms with van der Waals surface area (Å²) in [7, 11) is 0. The molecule has 0 aliphatic carbocycles. The van der Waals surface area contributed by atoms with E-state index in [1.807, 2.05) is 6.07 Å². The van der Waals surface area contributed by atoms with Crippen molar-refractivity contribution in [1.82, 2.24) is 10.3 Å². The minimum atomic E-state index is -0.0968. The van der Waals surface area contributed by atoms with Gasteiger partial charge in [0, 0.05) is 22.3 Å². The van der Waals surface area contributed by atoms with Gasteiger partial charge in [-0.15, -0.1) is 11.8 Å². The Bertz CT molecular complexity index is 351. The third kappa shape index (κ3) is 2.93. The third-order valence-corrected chi connectivity index (χ3v) is 3.42. The van der Waals surface area contributed by atoms with E-state index in [0.717, 1.165) is 16.1 Å². The molecular weight excluding hydrogens is 278 g/mol. The minimum Gasteiger partial charge on any atom is -0.309 e. The molecule has 80 valence electrons. The number of pyridine rings is 1. The Balaban J connectivity index is 1.96. The molecule has 0 saturated carbocycles. The molecule has 15 heavy (non-hydrogen) atoms. The van der Waals surface area contributed by atoms with E-state index in [1.54, 1.807) is 24.0 Å². The van der Waals surface area contributed by atoms with E-state index in [9.17, 15) is 4.79 Å². The molecule has 2 rings (SSSR count). The predicted molar refractivity (Wildman–Crippen MR) is 64.8 cm³/mol. The number of hydrogen-bond donors (Lipinski definition) is 2. The summed E-state index contributed by atoms with van der Waals surface area (Å²) in [5.41, 5.74) is 0. The summed E-state index contributed by atoms with van der Waals surface area (Å²) in [6.45, 7) is 0. The zero-order valence-electron chi connectivity index (χ0n) is 7.87. The Labute approximate surface area is 100 Å². The van der Waals surface area contributed by atoms with Crippen molar-refractivity contribution in [1.29, 1.82) is 0 Å². The van der Waals surface area contributed by atoms with Crippen LogP contribution >= 0.6 is 27.7 Å². The molecule has 2 N–H and O–H groups in total. The van der Waals surface area contributed by atoms with Gasteiger partial charge in [-0.05, 0) is 28.1 Å². The van der Waals surface area contributed by atoms with Crippen molar-refractivity contribution < 1.29 is 4.79 Å². The van der Waals surface area contributed by atoms with E-state index in [1.165, 1.54) is 0 Å². The number of nitrogens with zero attached hydrogens (tertiary/aromatic N) is 1. The second kappa shape index (κ2) is 4.96. The summed E-state index contributed by atoms with van der Waals surface area (Å²) in [6.07, 6.45) is 1.66. The molecule has 1 aliphatic rings. The Kier molecular flexibility index (Phi) is 3.61. The molecule has 1 amide bonds. The number of rotatable bonds is 2. The topological polar surface area (TPSA) is 54.0 Å². The van der Waals surface area contributed by atoms with Crippen LogP contribution in [0.3, 0.4) is 0 Å². The highest BCUT2D eigenvalue weighted by atomic mass is 79.9. The number of carbonyl (C=O) groups is 1. The smallest absolute Gasteiger partial charge is 0.243 e. The summed E-state index contributed by atoms with van der Waals surface area (Å²) in [4.78, 5) is 15.7. The fourth-order valence-electron chi connectivity index (χ4n) is 1.23. The van der Waals surface area contributed by atoms with Crippen LogP contribution in [0.4, 0.5) is 5.82 Å². The monoisotopic (exact) mass is 287 g/mol. The van der Waals surface area contributed by atoms with Crippen molar-refractivity contribution >= 4 is 39.4 Å². The molecule has 1 fully saturated rings. The fourth-order valence-corrected chi connectivity index (χ4v) is 2.40. The van der Waals surface area contributed by atoms with Crippen molar-refractivity contribution in [3.63, 3.8) is 0 Å². The number of halogens is 1. The maximum absolute atomic E-state index is 11.7. The highest BCUT2D eigenvalue weighted by Gasteiger charge is 2.22. The summed E-state index contributed by atoms with van der Waals surface area (Å²) in [5, 5.41) is 5.87. The summed E-state index contributed by atoms with van der Waals surface area (Å²) in [6, 6.07) is 3.52. The van der Waals surface area contributed by atoms with E-state index in [-0.39, 0.29) is 11.9 Å². The van der Waals surface area contributed by atoms with Gasteiger partial charge in [0.2, 0.25) is 5.91 Å². The number of carbonyl (C=O) groups excluding carboxylic acids is 1. The fraction of sp³-hybridized carbons (Fsp3) is 0.333. The number of amides is 1. The number of thioether (sulfide) groups is 1. The normalized spacial score (nSPS) is 20.2. The molecule has 1 aromatic heterocycles. The lowest BCUT2D eigenvalue weighted by molar-refractivity contribution is -0.117. The van der Waals surface area contributed by atoms with E-state index < -0.39 is 0 Å². The molecule has 1 atom stereocenters. The highest BCUT2D eigenvalue weighted by molar-refractivity contribution is 9.10. The quantitative estimate of drug-likeness (QED) is 0.865. The van der Waals surface area contributed by atoms with E-state index in [0.29, 0.717) is 5.82 Å². The highest BCUT2D eigenvalue weighted by Crippen LogP contribution is 2.13. The number of anilines is 1. The van der Waals surface area contributed by atoms with Gasteiger partial charge in [0.15, 0.2) is 0 Å². The molecule has 0 radical (unpaired) electrons. The molecule has 6 heteroatoms. The number of hydrogen-bond acceptors (Lipinski definition) is 4. The zero-order chi connectivity index (χ0) is 10.7. The molecular formula is C9H10BrN3OS. The average molecular weight is 288 g/mol. The van der Waals surface area contributed by atoms with Crippen LogP contribution in [0.1, 0.15) is 0 Å². The van der Waals surface area contributed by atoms with Crippen LogP contribution in [0.15, 0.2) is 22.8 Å². The largest absolute Gasteiger partial charge is 0.309 e. The second-order valence-electron chi connectivity index (χ2n) is 3.12. The van der Waals surface area contributed by atoms with E-state index in [4.69, 9.17) is 0 Å². The van der Waals surface area contributed by atoms with E-state index >= 15 is 0 Å². The molecule has 0 spiro atoms. The summed E-state index contributed by atoms with van der Waals surface area (Å²) >= 11 is 5.01. The third-order valence-electron chi connectivity index (χ3n) is 2.01. The molecule has 0 aromatic carbocycles. The van der Waals surface area contributed by atoms with Crippen molar-refractivity contribution in [2.45, 2.75) is 6.04 Å². The Hall–Kier alpha value is -0.590. The number of nitrogens with one attached hydrogen (secondary N) is 2. The standard InChI is InChI=1S/C9H10BrN3OS/c10-6-1-2-8(11-3-6)13-9(14)7-4-15-5-12-7/h1-3,7,12H,4-5H2,(H,11,13,14). The van der Waals surface area contributed by atoms with Gasteiger partial charge in [0.1, 0.15) is 5.82 Å². The first-order valence-corrected chi connectivity index (χ1v) is 6.44. The maximum Gasteiger partial charge on any atom is 0.243 e. The van der Waals surface area contributed by atoms with Crippen LogP contribution in [-0.4, -0.2) is 28.6 Å². The first-order valence-electron chi connectivity index (χ1n) is 4.49. The lowest BCUT2D eigenvalue weighted by atomic mass is 10.3. The van der Waals surface area contributed by atoms with Crippen LogP contribution in [0.2, 0.25) is 0 Å². The van der Waals surface area contributed by atoms with Gasteiger partial charge in [-0.25, -0.2) is 4.98 Å². The Morgan fingerprint density at radius 3 is 3.13 bits per heavy atom. The molecule has 1 aliphatic heterocycles. The van der Waals surface area contributed by atoms with E-state index in [2.05, 4.69) is 31.5 Å². The first kappa shape index (κ1) is 10.9. The zero-order valence-corrected chi connectivity index (χ0v) is 10.3. The van der Waals surface area contributed by atoms with Gasteiger partial charge < -0.3 is 5.32 Å². The lowest BCUT2D eigenvalue weighted by Crippen LogP contribution is -2.37. The van der Waals surface area contributed by atoms with Gasteiger partial charge in [0.25, 0.3) is 0 Å². The van der Waals surface area contributed by atoms with Crippen molar-refractivity contribution in [3.8, 4) is 0 Å². The first-order chi connectivity index (χ1) is 7.25. The summed E-state index contributed by atoms with van der Waals surface area (Å²) in [5.74, 6) is 2.23. The van der Waals surface area contributed by atoms with Gasteiger partial charge >= 0.3 is 0 Å². The maximum atomic E-state index is 11.7. The molecule has 2 heterocycles. The van der Waals surface area contributed by atoms with Gasteiger partial charge in [0.05, 0.1) is 6.04 Å². The molecule has 1 unspecified atom stereocenters. The van der Waals surface area contributed by atoms with Gasteiger partial charge in [-0.2, -0.15) is 0 Å². The van der Waals surface area contributed by atoms with Crippen LogP contribution in [0.25, 0.3) is 0 Å². The Morgan fingerprint density at radius 2 is 2.53 bits per heavy atom. The van der Waals surface area contributed by atoms with Crippen molar-refractivity contribution in [2.24, 2.45) is 0 Å². The van der Waals surface area contributed by atoms with Gasteiger partial charge in [-0.3, -0.25) is 10.1 Å². The van der Waals surface area contributed by atoms with Crippen LogP contribution in [0, 0.1) is 0 Å². The summed E-state index contributed by atoms with van der Waals surface area (Å²) < 4.78 is 0.898. The van der Waals surface area contributed by atoms with Crippen LogP contribution < -0.4 is 10.6 Å². The van der Waals surface area contributed by atoms with Gasteiger partial charge in [-0.1, -0.05) is 0 Å². The molecule has 1 aromatic rings. The van der Waals surface area contributed by atoms with Crippen LogP contribution in [0.5, 0.6) is 0 Å². The number of aromatic nitrogens is 1. The molecule has 1 saturated heterocycles. The second-order valence-corrected chi connectivity index (χ2v) is 5.07. The predicted octanol–water partition coefficient (Wildman–Crippen LogP) is 1.45. The Morgan fingerprint density at radius 1 is 1.67 bits per heavy atom. The average Bonchev–Trinajstić information content (AvgIpc) is 2.74. The minimum absolute atomic E-state index is 0.0187. The van der Waals surface area contributed by atoms with Crippen molar-refractivity contribution in [3.05, 3.63) is 22.8 Å². The lowest BCUT2D eigenvalue weighted by Gasteiger charge is -2.09. The molecule has 0 bridgehead atoms. The molecule has 4 nitrogen and oxygen atoms in total.